The topological polar surface area (TPSA) is 0 Å². The maximum absolute atomic E-state index is 13.0. The van der Waals surface area contributed by atoms with Gasteiger partial charge in [-0.05, 0) is 12.5 Å². The third kappa shape index (κ3) is 1.55. The molecule has 0 spiro atoms. The van der Waals surface area contributed by atoms with Crippen molar-refractivity contribution in [1.29, 1.82) is 0 Å². The molecule has 12 heavy (non-hydrogen) atoms. The molecule has 0 amide bonds. The van der Waals surface area contributed by atoms with Crippen molar-refractivity contribution in [1.82, 2.24) is 0 Å². The van der Waals surface area contributed by atoms with E-state index in [0.717, 1.165) is 6.08 Å². The highest BCUT2D eigenvalue weighted by Crippen LogP contribution is 2.32. The van der Waals surface area contributed by atoms with Crippen LogP contribution in [0.25, 0.3) is 0 Å². The lowest BCUT2D eigenvalue weighted by atomic mass is 9.93. The van der Waals surface area contributed by atoms with E-state index in [4.69, 9.17) is 6.42 Å². The summed E-state index contributed by atoms with van der Waals surface area (Å²) in [5.41, 5.74) is 0.0530. The van der Waals surface area contributed by atoms with E-state index in [0.29, 0.717) is 6.42 Å². The first kappa shape index (κ1) is 8.99. The van der Waals surface area contributed by atoms with Crippen molar-refractivity contribution in [3.05, 3.63) is 23.3 Å². The van der Waals surface area contributed by atoms with Crippen LogP contribution >= 0.6 is 0 Å². The molecule has 0 fully saturated rings. The lowest BCUT2D eigenvalue weighted by molar-refractivity contribution is 0.406. The maximum Gasteiger partial charge on any atom is 0.116 e. The Bertz CT molecular complexity index is 279. The predicted octanol–water partition coefficient (Wildman–Crippen LogP) is 3.13. The molecule has 1 aliphatic carbocycles. The molecule has 0 saturated carbocycles. The summed E-state index contributed by atoms with van der Waals surface area (Å²) in [6.07, 6.45) is 6.82. The fourth-order valence-corrected chi connectivity index (χ4v) is 1.22. The van der Waals surface area contributed by atoms with Crippen molar-refractivity contribution in [2.24, 2.45) is 5.92 Å². The summed E-state index contributed by atoms with van der Waals surface area (Å²) in [6, 6.07) is 0. The molecule has 0 aromatic heterocycles. The van der Waals surface area contributed by atoms with Gasteiger partial charge in [-0.2, -0.15) is 0 Å². The maximum atomic E-state index is 13.0. The second-order valence-electron chi connectivity index (χ2n) is 2.80. The summed E-state index contributed by atoms with van der Waals surface area (Å²) in [5.74, 6) is 1.13. The molecule has 1 aliphatic rings. The molecule has 0 aromatic rings. The fraction of sp³-hybridized carbons (Fsp3) is 0.400. The molecule has 1 atom stereocenters. The molecule has 0 saturated heterocycles. The Balaban J connectivity index is 2.93. The lowest BCUT2D eigenvalue weighted by Crippen LogP contribution is -2.05. The Morgan fingerprint density at radius 3 is 2.83 bits per heavy atom. The van der Waals surface area contributed by atoms with Crippen LogP contribution in [0.15, 0.2) is 23.3 Å². The van der Waals surface area contributed by atoms with E-state index in [1.807, 2.05) is 6.92 Å². The van der Waals surface area contributed by atoms with Crippen molar-refractivity contribution >= 4 is 0 Å². The van der Waals surface area contributed by atoms with Crippen molar-refractivity contribution in [2.75, 3.05) is 0 Å². The molecule has 0 bridgehead atoms. The Hall–Kier alpha value is -1.10. The van der Waals surface area contributed by atoms with Crippen LogP contribution in [0.5, 0.6) is 0 Å². The van der Waals surface area contributed by atoms with Gasteiger partial charge in [-0.1, -0.05) is 12.8 Å². The van der Waals surface area contributed by atoms with Crippen molar-refractivity contribution < 1.29 is 8.78 Å². The van der Waals surface area contributed by atoms with Crippen LogP contribution in [0.2, 0.25) is 0 Å². The minimum Gasteiger partial charge on any atom is -0.211 e. The third-order valence-electron chi connectivity index (χ3n) is 2.04. The quantitative estimate of drug-likeness (QED) is 0.528. The Labute approximate surface area is 71.0 Å². The largest absolute Gasteiger partial charge is 0.211 e. The smallest absolute Gasteiger partial charge is 0.116 e. The van der Waals surface area contributed by atoms with Crippen molar-refractivity contribution in [3.8, 4) is 12.3 Å². The van der Waals surface area contributed by atoms with Gasteiger partial charge in [0.1, 0.15) is 11.7 Å². The van der Waals surface area contributed by atoms with Gasteiger partial charge in [0.15, 0.2) is 0 Å². The number of rotatable bonds is 1. The molecule has 0 aliphatic heterocycles. The molecule has 64 valence electrons. The third-order valence-corrected chi connectivity index (χ3v) is 2.04. The zero-order valence-electron chi connectivity index (χ0n) is 6.90. The van der Waals surface area contributed by atoms with E-state index >= 15 is 0 Å². The van der Waals surface area contributed by atoms with Crippen molar-refractivity contribution in [3.63, 3.8) is 0 Å². The Morgan fingerprint density at radius 1 is 1.67 bits per heavy atom. The van der Waals surface area contributed by atoms with Crippen LogP contribution in [0.3, 0.4) is 0 Å². The standard InChI is InChI=1S/C10H10F2/c1-3-7-5-10(12)8(4-2)6-9(7)11/h1,5,8H,4,6H2,2H3. The molecular weight excluding hydrogens is 158 g/mol. The molecule has 1 unspecified atom stereocenters. The minimum absolute atomic E-state index is 0.0530. The molecule has 2 heteroatoms. The molecule has 0 N–H and O–H groups in total. The highest BCUT2D eigenvalue weighted by Gasteiger charge is 2.21. The monoisotopic (exact) mass is 168 g/mol. The first-order valence-corrected chi connectivity index (χ1v) is 3.91. The van der Waals surface area contributed by atoms with Crippen molar-refractivity contribution in [2.45, 2.75) is 19.8 Å². The fourth-order valence-electron chi connectivity index (χ4n) is 1.22. The zero-order chi connectivity index (χ0) is 9.14. The Morgan fingerprint density at radius 2 is 2.33 bits per heavy atom. The van der Waals surface area contributed by atoms with Gasteiger partial charge < -0.3 is 0 Å². The SMILES string of the molecule is C#CC1=C(F)CC(CC)C(F)=C1. The number of allylic oxidation sites excluding steroid dienone is 4. The van der Waals surface area contributed by atoms with E-state index in [1.54, 1.807) is 0 Å². The van der Waals surface area contributed by atoms with E-state index < -0.39 is 0 Å². The average molecular weight is 168 g/mol. The van der Waals surface area contributed by atoms with Crippen LogP contribution in [-0.2, 0) is 0 Å². The van der Waals surface area contributed by atoms with Gasteiger partial charge >= 0.3 is 0 Å². The van der Waals surface area contributed by atoms with Crippen LogP contribution in [0, 0.1) is 18.3 Å². The van der Waals surface area contributed by atoms with E-state index in [9.17, 15) is 8.78 Å². The van der Waals surface area contributed by atoms with Crippen LogP contribution in [-0.4, -0.2) is 0 Å². The second-order valence-corrected chi connectivity index (χ2v) is 2.80. The molecule has 0 aromatic carbocycles. The van der Waals surface area contributed by atoms with E-state index in [1.165, 1.54) is 0 Å². The summed E-state index contributed by atoms with van der Waals surface area (Å²) < 4.78 is 26.0. The van der Waals surface area contributed by atoms with Gasteiger partial charge in [0.25, 0.3) is 0 Å². The Kier molecular flexibility index (Phi) is 2.65. The lowest BCUT2D eigenvalue weighted by Gasteiger charge is -2.16. The van der Waals surface area contributed by atoms with E-state index in [2.05, 4.69) is 5.92 Å². The summed E-state index contributed by atoms with van der Waals surface area (Å²) in [7, 11) is 0. The average Bonchev–Trinajstić information content (AvgIpc) is 2.08. The van der Waals surface area contributed by atoms with Gasteiger partial charge in [-0.25, -0.2) is 8.78 Å². The van der Waals surface area contributed by atoms with Gasteiger partial charge in [-0.15, -0.1) is 6.42 Å². The van der Waals surface area contributed by atoms with Gasteiger partial charge in [0, 0.05) is 12.3 Å². The van der Waals surface area contributed by atoms with Crippen LogP contribution < -0.4 is 0 Å². The predicted molar refractivity (Wildman–Crippen MR) is 44.6 cm³/mol. The molecule has 1 rings (SSSR count). The number of halogens is 2. The summed E-state index contributed by atoms with van der Waals surface area (Å²) in [6.45, 7) is 1.83. The summed E-state index contributed by atoms with van der Waals surface area (Å²) >= 11 is 0. The first-order chi connectivity index (χ1) is 5.69. The van der Waals surface area contributed by atoms with Gasteiger partial charge in [0.05, 0.1) is 5.57 Å². The number of terminal acetylenes is 1. The highest BCUT2D eigenvalue weighted by atomic mass is 19.1. The first-order valence-electron chi connectivity index (χ1n) is 3.91. The molecule has 0 radical (unpaired) electrons. The highest BCUT2D eigenvalue weighted by molar-refractivity contribution is 5.42. The van der Waals surface area contributed by atoms with Crippen LogP contribution in [0.4, 0.5) is 8.78 Å². The normalized spacial score (nSPS) is 23.5. The summed E-state index contributed by atoms with van der Waals surface area (Å²) in [5, 5.41) is 0. The number of hydrogen-bond donors (Lipinski definition) is 0. The number of hydrogen-bond acceptors (Lipinski definition) is 0. The summed E-state index contributed by atoms with van der Waals surface area (Å²) in [4.78, 5) is 0. The second kappa shape index (κ2) is 3.53. The van der Waals surface area contributed by atoms with E-state index in [-0.39, 0.29) is 29.6 Å². The van der Waals surface area contributed by atoms with Gasteiger partial charge in [-0.3, -0.25) is 0 Å². The van der Waals surface area contributed by atoms with Crippen LogP contribution in [0.1, 0.15) is 19.8 Å². The van der Waals surface area contributed by atoms with Gasteiger partial charge in [0.2, 0.25) is 0 Å². The zero-order valence-corrected chi connectivity index (χ0v) is 6.90. The minimum atomic E-state index is -0.370. The molecular formula is C10H10F2. The molecule has 0 heterocycles. The molecule has 0 nitrogen and oxygen atoms in total.